The molecule has 29 heavy (non-hydrogen) atoms. The van der Waals surface area contributed by atoms with Crippen LogP contribution < -0.4 is 0 Å². The maximum absolute atomic E-state index is 13.4. The maximum atomic E-state index is 13.4. The number of ketones is 1. The highest BCUT2D eigenvalue weighted by Crippen LogP contribution is 2.48. The number of esters is 1. The molecule has 1 aliphatic rings. The quantitative estimate of drug-likeness (QED) is 0.251. The molecular weight excluding hydrogens is 496 g/mol. The molecule has 0 aromatic heterocycles. The van der Waals surface area contributed by atoms with Gasteiger partial charge in [-0.3, -0.25) is 4.79 Å². The van der Waals surface area contributed by atoms with Crippen molar-refractivity contribution >= 4 is 43.6 Å². The second-order valence-electron chi connectivity index (χ2n) is 8.95. The van der Waals surface area contributed by atoms with Crippen LogP contribution in [0.5, 0.6) is 0 Å². The van der Waals surface area contributed by atoms with Gasteiger partial charge >= 0.3 is 5.97 Å². The van der Waals surface area contributed by atoms with Crippen LogP contribution in [0.1, 0.15) is 87.2 Å². The lowest BCUT2D eigenvalue weighted by Gasteiger charge is -2.42. The number of ether oxygens (including phenoxy) is 1. The van der Waals surface area contributed by atoms with Crippen LogP contribution in [0.25, 0.3) is 0 Å². The van der Waals surface area contributed by atoms with Crippen molar-refractivity contribution in [3.8, 4) is 0 Å². The molecule has 0 atom stereocenters. The average molecular weight is 522 g/mol. The number of rotatable bonds is 4. The first-order valence-corrected chi connectivity index (χ1v) is 11.5. The van der Waals surface area contributed by atoms with Gasteiger partial charge in [-0.2, -0.15) is 0 Å². The molecule has 2 aromatic carbocycles. The van der Waals surface area contributed by atoms with Gasteiger partial charge < -0.3 is 4.74 Å². The molecule has 0 radical (unpaired) electrons. The fraction of sp³-hybridized carbons (Fsp3) is 0.417. The van der Waals surface area contributed by atoms with Crippen LogP contribution in [0.15, 0.2) is 36.4 Å². The molecule has 3 nitrogen and oxygen atoms in total. The lowest BCUT2D eigenvalue weighted by atomic mass is 9.62. The zero-order valence-corrected chi connectivity index (χ0v) is 20.6. The summed E-state index contributed by atoms with van der Waals surface area (Å²) < 4.78 is 4.61. The minimum absolute atomic E-state index is 0.0152. The first-order chi connectivity index (χ1) is 13.5. The first-order valence-electron chi connectivity index (χ1n) is 9.68. The third-order valence-electron chi connectivity index (χ3n) is 6.07. The molecule has 0 N–H and O–H groups in total. The maximum Gasteiger partial charge on any atom is 0.337 e. The summed E-state index contributed by atoms with van der Waals surface area (Å²) in [5.41, 5.74) is 5.22. The zero-order chi connectivity index (χ0) is 21.6. The topological polar surface area (TPSA) is 43.4 Å². The SMILES string of the molecule is COC(=O)c1ccc(C(=O)c2cc3c(cc2C(Br)Br)C(C)(C)CCC3(C)C)cc1. The van der Waals surface area contributed by atoms with Crippen molar-refractivity contribution in [2.75, 3.05) is 7.11 Å². The summed E-state index contributed by atoms with van der Waals surface area (Å²) in [7, 11) is 1.34. The van der Waals surface area contributed by atoms with E-state index in [1.165, 1.54) is 18.2 Å². The van der Waals surface area contributed by atoms with E-state index in [-0.39, 0.29) is 20.3 Å². The van der Waals surface area contributed by atoms with Crippen LogP contribution in [0.4, 0.5) is 0 Å². The average Bonchev–Trinajstić information content (AvgIpc) is 2.69. The van der Waals surface area contributed by atoms with Gasteiger partial charge in [-0.15, -0.1) is 0 Å². The molecule has 0 amide bonds. The molecule has 3 rings (SSSR count). The predicted molar refractivity (Wildman–Crippen MR) is 124 cm³/mol. The van der Waals surface area contributed by atoms with Gasteiger partial charge in [-0.05, 0) is 58.6 Å². The summed E-state index contributed by atoms with van der Waals surface area (Å²) in [5.74, 6) is -0.467. The molecule has 0 fully saturated rings. The Bertz CT molecular complexity index is 957. The molecule has 5 heteroatoms. The summed E-state index contributed by atoms with van der Waals surface area (Å²) >= 11 is 7.22. The molecular formula is C24H26Br2O3. The van der Waals surface area contributed by atoms with E-state index in [9.17, 15) is 9.59 Å². The van der Waals surface area contributed by atoms with Crippen LogP contribution in [-0.2, 0) is 15.6 Å². The minimum atomic E-state index is -0.413. The summed E-state index contributed by atoms with van der Waals surface area (Å²) in [4.78, 5) is 25.1. The van der Waals surface area contributed by atoms with Gasteiger partial charge in [-0.1, -0.05) is 77.8 Å². The molecule has 1 aliphatic carbocycles. The highest BCUT2D eigenvalue weighted by atomic mass is 79.9. The molecule has 154 valence electrons. The molecule has 0 heterocycles. The third kappa shape index (κ3) is 4.22. The van der Waals surface area contributed by atoms with Gasteiger partial charge in [-0.25, -0.2) is 4.79 Å². The summed E-state index contributed by atoms with van der Waals surface area (Å²) in [5, 5.41) is 0. The largest absolute Gasteiger partial charge is 0.465 e. The molecule has 0 spiro atoms. The Labute approximate surface area is 189 Å². The van der Waals surface area contributed by atoms with Crippen LogP contribution in [0.2, 0.25) is 0 Å². The van der Waals surface area contributed by atoms with Crippen molar-refractivity contribution in [1.82, 2.24) is 0 Å². The highest BCUT2D eigenvalue weighted by molar-refractivity contribution is 9.24. The Balaban J connectivity index is 2.13. The number of benzene rings is 2. The minimum Gasteiger partial charge on any atom is -0.465 e. The van der Waals surface area contributed by atoms with Crippen LogP contribution >= 0.6 is 31.9 Å². The van der Waals surface area contributed by atoms with Gasteiger partial charge in [0.1, 0.15) is 0 Å². The van der Waals surface area contributed by atoms with E-state index in [1.54, 1.807) is 24.3 Å². The smallest absolute Gasteiger partial charge is 0.337 e. The summed E-state index contributed by atoms with van der Waals surface area (Å²) in [6, 6.07) is 10.9. The highest BCUT2D eigenvalue weighted by Gasteiger charge is 2.38. The molecule has 0 aliphatic heterocycles. The number of hydrogen-bond donors (Lipinski definition) is 0. The van der Waals surface area contributed by atoms with Gasteiger partial charge in [0.2, 0.25) is 0 Å². The van der Waals surface area contributed by atoms with Crippen molar-refractivity contribution in [3.05, 3.63) is 69.8 Å². The van der Waals surface area contributed by atoms with Crippen LogP contribution in [0, 0.1) is 0 Å². The normalized spacial score (nSPS) is 17.0. The van der Waals surface area contributed by atoms with Crippen molar-refractivity contribution in [1.29, 1.82) is 0 Å². The van der Waals surface area contributed by atoms with Crippen LogP contribution in [0.3, 0.4) is 0 Å². The van der Waals surface area contributed by atoms with Crippen molar-refractivity contribution in [3.63, 3.8) is 0 Å². The Morgan fingerprint density at radius 1 is 0.897 bits per heavy atom. The lowest BCUT2D eigenvalue weighted by Crippen LogP contribution is -2.34. The lowest BCUT2D eigenvalue weighted by molar-refractivity contribution is 0.0600. The molecule has 0 saturated carbocycles. The zero-order valence-electron chi connectivity index (χ0n) is 17.4. The van der Waals surface area contributed by atoms with E-state index in [4.69, 9.17) is 4.74 Å². The van der Waals surface area contributed by atoms with Crippen molar-refractivity contribution in [2.45, 2.75) is 55.1 Å². The Kier molecular flexibility index (Phi) is 6.13. The number of alkyl halides is 2. The predicted octanol–water partition coefficient (Wildman–Crippen LogP) is 6.84. The van der Waals surface area contributed by atoms with E-state index < -0.39 is 5.97 Å². The van der Waals surface area contributed by atoms with E-state index >= 15 is 0 Å². The molecule has 0 saturated heterocycles. The molecule has 0 bridgehead atoms. The van der Waals surface area contributed by atoms with Gasteiger partial charge in [0.25, 0.3) is 0 Å². The van der Waals surface area contributed by atoms with E-state index in [0.717, 1.165) is 18.4 Å². The number of carbonyl (C=O) groups is 2. The van der Waals surface area contributed by atoms with E-state index in [0.29, 0.717) is 16.7 Å². The third-order valence-corrected chi connectivity index (χ3v) is 7.06. The number of fused-ring (bicyclic) bond motifs is 1. The molecule has 2 aromatic rings. The second-order valence-corrected chi connectivity index (χ2v) is 12.0. The van der Waals surface area contributed by atoms with Gasteiger partial charge in [0.15, 0.2) is 5.78 Å². The van der Waals surface area contributed by atoms with Crippen LogP contribution in [-0.4, -0.2) is 18.9 Å². The monoisotopic (exact) mass is 520 g/mol. The van der Waals surface area contributed by atoms with Gasteiger partial charge in [0, 0.05) is 11.1 Å². The summed E-state index contributed by atoms with van der Waals surface area (Å²) in [6.07, 6.45) is 2.20. The fourth-order valence-electron chi connectivity index (χ4n) is 4.04. The van der Waals surface area contributed by atoms with E-state index in [2.05, 4.69) is 71.7 Å². The number of methoxy groups -OCH3 is 1. The first kappa shape index (κ1) is 22.2. The fourth-order valence-corrected chi connectivity index (χ4v) is 4.80. The number of carbonyl (C=O) groups excluding carboxylic acids is 2. The summed E-state index contributed by atoms with van der Waals surface area (Å²) in [6.45, 7) is 9.05. The Morgan fingerprint density at radius 2 is 1.38 bits per heavy atom. The van der Waals surface area contributed by atoms with Crippen molar-refractivity contribution < 1.29 is 14.3 Å². The Morgan fingerprint density at radius 3 is 1.86 bits per heavy atom. The number of hydrogen-bond acceptors (Lipinski definition) is 3. The second kappa shape index (κ2) is 7.99. The van der Waals surface area contributed by atoms with Crippen molar-refractivity contribution in [2.24, 2.45) is 0 Å². The van der Waals surface area contributed by atoms with E-state index in [1.807, 2.05) is 0 Å². The Hall–Kier alpha value is -1.46. The number of halogens is 2. The standard InChI is InChI=1S/C24H26Br2O3/c1-23(2)10-11-24(3,4)19-13-17(21(25)26)16(12-18(19)23)20(27)14-6-8-15(9-7-14)22(28)29-5/h6-9,12-13,21H,10-11H2,1-5H3. The van der Waals surface area contributed by atoms with Gasteiger partial charge in [0.05, 0.1) is 16.4 Å². The molecule has 0 unspecified atom stereocenters.